The van der Waals surface area contributed by atoms with Crippen LogP contribution in [0.5, 0.6) is 17.2 Å². The fourth-order valence-corrected chi connectivity index (χ4v) is 5.06. The molecule has 0 bridgehead atoms. The summed E-state index contributed by atoms with van der Waals surface area (Å²) in [5.41, 5.74) is -0.948. The van der Waals surface area contributed by atoms with Gasteiger partial charge in [-0.15, -0.1) is 0 Å². The Labute approximate surface area is 182 Å². The molecule has 0 atom stereocenters. The van der Waals surface area contributed by atoms with Gasteiger partial charge in [-0.25, -0.2) is 25.6 Å². The van der Waals surface area contributed by atoms with Crippen LogP contribution in [0.3, 0.4) is 0 Å². The maximum absolute atomic E-state index is 13.5. The molecule has 0 fully saturated rings. The molecule has 0 heterocycles. The molecular formula is C19H16F2N2O7S2. The van der Waals surface area contributed by atoms with Crippen LogP contribution in [0, 0.1) is 11.6 Å². The Morgan fingerprint density at radius 1 is 0.781 bits per heavy atom. The number of halogens is 2. The van der Waals surface area contributed by atoms with Gasteiger partial charge in [0.15, 0.2) is 23.1 Å². The standard InChI is InChI=1S/C19H16F2N2O7S2/c1-30-16-9-8-11(31(26,27)22-14-6-2-4-12(20)18(14)24)10-17(16)32(28,29)23-15-7-3-5-13(21)19(15)25/h2-10,22-25H,1H3. The number of methoxy groups -OCH3 is 1. The minimum Gasteiger partial charge on any atom is -0.503 e. The van der Waals surface area contributed by atoms with Crippen molar-refractivity contribution in [2.45, 2.75) is 9.79 Å². The van der Waals surface area contributed by atoms with Crippen LogP contribution in [-0.4, -0.2) is 34.2 Å². The van der Waals surface area contributed by atoms with Gasteiger partial charge >= 0.3 is 0 Å². The third-order valence-electron chi connectivity index (χ3n) is 4.20. The molecule has 4 N–H and O–H groups in total. The summed E-state index contributed by atoms with van der Waals surface area (Å²) >= 11 is 0. The molecule has 3 aromatic rings. The average Bonchev–Trinajstić information content (AvgIpc) is 2.74. The number of benzene rings is 3. The summed E-state index contributed by atoms with van der Waals surface area (Å²) in [7, 11) is -7.91. The zero-order valence-electron chi connectivity index (χ0n) is 16.2. The van der Waals surface area contributed by atoms with E-state index in [1.807, 2.05) is 9.44 Å². The largest absolute Gasteiger partial charge is 0.503 e. The van der Waals surface area contributed by atoms with E-state index in [4.69, 9.17) is 4.74 Å². The molecule has 0 radical (unpaired) electrons. The molecule has 170 valence electrons. The molecule has 0 saturated heterocycles. The van der Waals surface area contributed by atoms with E-state index in [-0.39, 0.29) is 5.75 Å². The number of phenols is 2. The lowest BCUT2D eigenvalue weighted by Crippen LogP contribution is -2.17. The second kappa shape index (κ2) is 8.51. The van der Waals surface area contributed by atoms with Gasteiger partial charge in [-0.2, -0.15) is 0 Å². The van der Waals surface area contributed by atoms with Gasteiger partial charge in [0.05, 0.1) is 23.4 Å². The van der Waals surface area contributed by atoms with Crippen LogP contribution in [0.25, 0.3) is 0 Å². The lowest BCUT2D eigenvalue weighted by Gasteiger charge is -2.15. The molecule has 0 aliphatic rings. The summed E-state index contributed by atoms with van der Waals surface area (Å²) in [6, 6.07) is 9.16. The van der Waals surface area contributed by atoms with Crippen LogP contribution < -0.4 is 14.2 Å². The number of hydrogen-bond acceptors (Lipinski definition) is 7. The molecule has 0 saturated carbocycles. The molecule has 32 heavy (non-hydrogen) atoms. The summed E-state index contributed by atoms with van der Waals surface area (Å²) in [5, 5.41) is 19.4. The van der Waals surface area contributed by atoms with E-state index in [1.54, 1.807) is 0 Å². The summed E-state index contributed by atoms with van der Waals surface area (Å²) in [5.74, 6) is -4.29. The highest BCUT2D eigenvalue weighted by atomic mass is 32.2. The van der Waals surface area contributed by atoms with Gasteiger partial charge < -0.3 is 14.9 Å². The molecule has 0 aromatic heterocycles. The zero-order chi connectivity index (χ0) is 23.7. The number of rotatable bonds is 7. The number of aromatic hydroxyl groups is 2. The van der Waals surface area contributed by atoms with Crippen molar-refractivity contribution in [2.75, 3.05) is 16.6 Å². The first-order valence-corrected chi connectivity index (χ1v) is 11.6. The SMILES string of the molecule is COc1ccc(S(=O)(=O)Nc2cccc(F)c2O)cc1S(=O)(=O)Nc1cccc(F)c1O. The fraction of sp³-hybridized carbons (Fsp3) is 0.0526. The van der Waals surface area contributed by atoms with E-state index in [0.29, 0.717) is 0 Å². The number of ether oxygens (including phenoxy) is 1. The van der Waals surface area contributed by atoms with Crippen molar-refractivity contribution in [3.05, 3.63) is 66.2 Å². The third kappa shape index (κ3) is 4.53. The van der Waals surface area contributed by atoms with Crippen molar-refractivity contribution in [3.8, 4) is 17.2 Å². The number of hydrogen-bond donors (Lipinski definition) is 4. The molecular weight excluding hydrogens is 470 g/mol. The van der Waals surface area contributed by atoms with E-state index < -0.39 is 64.3 Å². The lowest BCUT2D eigenvalue weighted by molar-refractivity contribution is 0.402. The highest BCUT2D eigenvalue weighted by Gasteiger charge is 2.26. The molecule has 0 aliphatic heterocycles. The van der Waals surface area contributed by atoms with Gasteiger partial charge in [0, 0.05) is 0 Å². The van der Waals surface area contributed by atoms with E-state index in [0.717, 1.165) is 61.7 Å². The first-order chi connectivity index (χ1) is 15.0. The van der Waals surface area contributed by atoms with Crippen LogP contribution >= 0.6 is 0 Å². The van der Waals surface area contributed by atoms with Gasteiger partial charge in [-0.1, -0.05) is 12.1 Å². The quantitative estimate of drug-likeness (QED) is 0.376. The van der Waals surface area contributed by atoms with Crippen LogP contribution in [0.1, 0.15) is 0 Å². The molecule has 3 aromatic carbocycles. The molecule has 0 spiro atoms. The van der Waals surface area contributed by atoms with E-state index >= 15 is 0 Å². The van der Waals surface area contributed by atoms with Crippen LogP contribution in [0.4, 0.5) is 20.2 Å². The van der Waals surface area contributed by atoms with Crippen molar-refractivity contribution in [1.29, 1.82) is 0 Å². The molecule has 3 rings (SSSR count). The van der Waals surface area contributed by atoms with Gasteiger partial charge in [0.1, 0.15) is 10.6 Å². The number of nitrogens with one attached hydrogen (secondary N) is 2. The van der Waals surface area contributed by atoms with Crippen molar-refractivity contribution in [2.24, 2.45) is 0 Å². The first kappa shape index (κ1) is 23.1. The minimum atomic E-state index is -4.57. The Balaban J connectivity index is 2.04. The van der Waals surface area contributed by atoms with Crippen molar-refractivity contribution in [1.82, 2.24) is 0 Å². The number of sulfonamides is 2. The molecule has 9 nitrogen and oxygen atoms in total. The normalized spacial score (nSPS) is 11.7. The minimum absolute atomic E-state index is 0.249. The fourth-order valence-electron chi connectivity index (χ4n) is 2.63. The first-order valence-electron chi connectivity index (χ1n) is 8.65. The van der Waals surface area contributed by atoms with Gasteiger partial charge in [-0.05, 0) is 42.5 Å². The van der Waals surface area contributed by atoms with E-state index in [1.165, 1.54) is 0 Å². The van der Waals surface area contributed by atoms with Gasteiger partial charge in [0.2, 0.25) is 0 Å². The summed E-state index contributed by atoms with van der Waals surface area (Å²) < 4.78 is 87.1. The van der Waals surface area contributed by atoms with Crippen molar-refractivity contribution >= 4 is 31.4 Å². The Kier molecular flexibility index (Phi) is 6.14. The number of anilines is 2. The van der Waals surface area contributed by atoms with Crippen LogP contribution in [0.15, 0.2) is 64.4 Å². The highest BCUT2D eigenvalue weighted by Crippen LogP contribution is 2.33. The second-order valence-corrected chi connectivity index (χ2v) is 9.63. The van der Waals surface area contributed by atoms with Gasteiger partial charge in [-0.3, -0.25) is 9.44 Å². The van der Waals surface area contributed by atoms with E-state index in [2.05, 4.69) is 0 Å². The topological polar surface area (TPSA) is 142 Å². The monoisotopic (exact) mass is 486 g/mol. The Bertz CT molecular complexity index is 1390. The van der Waals surface area contributed by atoms with Crippen molar-refractivity contribution in [3.63, 3.8) is 0 Å². The molecule has 13 heteroatoms. The molecule has 0 amide bonds. The zero-order valence-corrected chi connectivity index (χ0v) is 17.8. The van der Waals surface area contributed by atoms with E-state index in [9.17, 15) is 35.8 Å². The van der Waals surface area contributed by atoms with Gasteiger partial charge in [0.25, 0.3) is 20.0 Å². The Hall–Kier alpha value is -3.58. The number of phenolic OH excluding ortho intramolecular Hbond substituents is 2. The van der Waals surface area contributed by atoms with Crippen LogP contribution in [0.2, 0.25) is 0 Å². The Morgan fingerprint density at radius 3 is 1.78 bits per heavy atom. The second-order valence-electron chi connectivity index (χ2n) is 6.30. The van der Waals surface area contributed by atoms with Crippen molar-refractivity contribution < 1.29 is 40.6 Å². The highest BCUT2D eigenvalue weighted by molar-refractivity contribution is 7.93. The average molecular weight is 486 g/mol. The van der Waals surface area contributed by atoms with Crippen LogP contribution in [-0.2, 0) is 20.0 Å². The number of para-hydroxylation sites is 2. The maximum atomic E-state index is 13.5. The maximum Gasteiger partial charge on any atom is 0.265 e. The smallest absolute Gasteiger partial charge is 0.265 e. The molecule has 0 unspecified atom stereocenters. The summed E-state index contributed by atoms with van der Waals surface area (Å²) in [4.78, 5) is -1.21. The molecule has 0 aliphatic carbocycles. The summed E-state index contributed by atoms with van der Waals surface area (Å²) in [6.07, 6.45) is 0. The third-order valence-corrected chi connectivity index (χ3v) is 6.95. The Morgan fingerprint density at radius 2 is 1.28 bits per heavy atom. The summed E-state index contributed by atoms with van der Waals surface area (Å²) in [6.45, 7) is 0. The predicted molar refractivity (Wildman–Crippen MR) is 111 cm³/mol. The lowest BCUT2D eigenvalue weighted by atomic mass is 10.3. The predicted octanol–water partition coefficient (Wildman–Crippen LogP) is 2.99.